The summed E-state index contributed by atoms with van der Waals surface area (Å²) in [6.45, 7) is 4.55. The second-order valence-electron chi connectivity index (χ2n) is 5.30. The molecule has 0 unspecified atom stereocenters. The van der Waals surface area contributed by atoms with Gasteiger partial charge in [-0.15, -0.1) is 11.3 Å². The van der Waals surface area contributed by atoms with Crippen LogP contribution in [0.2, 0.25) is 0 Å². The fraction of sp³-hybridized carbons (Fsp3) is 0.158. The van der Waals surface area contributed by atoms with Gasteiger partial charge in [-0.3, -0.25) is 9.69 Å². The number of aryl methyl sites for hydroxylation is 1. The number of benzene rings is 2. The normalized spacial score (nSPS) is 10.5. The van der Waals surface area contributed by atoms with Gasteiger partial charge in [-0.1, -0.05) is 48.0 Å². The predicted molar refractivity (Wildman–Crippen MR) is 96.1 cm³/mol. The number of nitrogens with zero attached hydrogens (tertiary/aromatic N) is 2. The van der Waals surface area contributed by atoms with Crippen LogP contribution in [0.3, 0.4) is 0 Å². The Kier molecular flexibility index (Phi) is 4.53. The van der Waals surface area contributed by atoms with Gasteiger partial charge in [0, 0.05) is 23.1 Å². The summed E-state index contributed by atoms with van der Waals surface area (Å²) in [6, 6.07) is 17.7. The molecule has 0 aliphatic rings. The van der Waals surface area contributed by atoms with Crippen LogP contribution in [0.25, 0.3) is 11.3 Å². The van der Waals surface area contributed by atoms with E-state index in [4.69, 9.17) is 0 Å². The number of carbonyl (C=O) groups excluding carboxylic acids is 1. The number of carbonyl (C=O) groups is 1. The molecule has 3 rings (SSSR count). The summed E-state index contributed by atoms with van der Waals surface area (Å²) in [6.07, 6.45) is 0. The summed E-state index contributed by atoms with van der Waals surface area (Å²) >= 11 is 1.50. The smallest absolute Gasteiger partial charge is 0.260 e. The van der Waals surface area contributed by atoms with E-state index in [1.807, 2.05) is 73.8 Å². The van der Waals surface area contributed by atoms with Crippen LogP contribution >= 0.6 is 11.3 Å². The first-order chi connectivity index (χ1) is 11.2. The third kappa shape index (κ3) is 3.32. The Labute approximate surface area is 140 Å². The third-order valence-electron chi connectivity index (χ3n) is 3.62. The summed E-state index contributed by atoms with van der Waals surface area (Å²) in [5, 5.41) is 2.73. The Bertz CT molecular complexity index is 811. The van der Waals surface area contributed by atoms with Crippen LogP contribution in [0.4, 0.5) is 5.13 Å². The van der Waals surface area contributed by atoms with Gasteiger partial charge >= 0.3 is 0 Å². The molecule has 0 saturated heterocycles. The number of thiazole rings is 1. The minimum Gasteiger partial charge on any atom is -0.284 e. The maximum Gasteiger partial charge on any atom is 0.260 e. The van der Waals surface area contributed by atoms with Crippen molar-refractivity contribution in [3.63, 3.8) is 0 Å². The van der Waals surface area contributed by atoms with Gasteiger partial charge in [0.15, 0.2) is 5.13 Å². The minimum atomic E-state index is -0.00911. The highest BCUT2D eigenvalue weighted by Gasteiger charge is 2.19. The molecule has 3 nitrogen and oxygen atoms in total. The molecule has 1 aromatic heterocycles. The number of hydrogen-bond acceptors (Lipinski definition) is 3. The number of anilines is 1. The summed E-state index contributed by atoms with van der Waals surface area (Å²) < 4.78 is 0. The van der Waals surface area contributed by atoms with Crippen molar-refractivity contribution in [1.82, 2.24) is 4.98 Å². The highest BCUT2D eigenvalue weighted by molar-refractivity contribution is 7.14. The van der Waals surface area contributed by atoms with Crippen molar-refractivity contribution in [2.75, 3.05) is 11.4 Å². The molecular formula is C19H18N2OS. The van der Waals surface area contributed by atoms with Crippen molar-refractivity contribution in [3.8, 4) is 11.3 Å². The molecule has 0 saturated carbocycles. The van der Waals surface area contributed by atoms with E-state index < -0.39 is 0 Å². The lowest BCUT2D eigenvalue weighted by atomic mass is 10.1. The van der Waals surface area contributed by atoms with Gasteiger partial charge in [0.25, 0.3) is 5.91 Å². The summed E-state index contributed by atoms with van der Waals surface area (Å²) in [4.78, 5) is 19.1. The second kappa shape index (κ2) is 6.75. The second-order valence-corrected chi connectivity index (χ2v) is 6.14. The molecule has 1 heterocycles. The van der Waals surface area contributed by atoms with Crippen molar-refractivity contribution >= 4 is 22.4 Å². The van der Waals surface area contributed by atoms with Crippen LogP contribution in [0.5, 0.6) is 0 Å². The molecule has 4 heteroatoms. The highest BCUT2D eigenvalue weighted by atomic mass is 32.1. The average molecular weight is 322 g/mol. The Balaban J connectivity index is 1.90. The molecule has 0 bridgehead atoms. The van der Waals surface area contributed by atoms with E-state index in [2.05, 4.69) is 4.98 Å². The molecule has 23 heavy (non-hydrogen) atoms. The number of aromatic nitrogens is 1. The average Bonchev–Trinajstić information content (AvgIpc) is 3.06. The molecule has 2 aromatic carbocycles. The third-order valence-corrected chi connectivity index (χ3v) is 4.48. The molecule has 0 spiro atoms. The van der Waals surface area contributed by atoms with Crippen molar-refractivity contribution in [3.05, 3.63) is 71.1 Å². The molecule has 3 aromatic rings. The van der Waals surface area contributed by atoms with Gasteiger partial charge in [0.1, 0.15) is 0 Å². The van der Waals surface area contributed by atoms with Gasteiger partial charge in [0.05, 0.1) is 5.69 Å². The largest absolute Gasteiger partial charge is 0.284 e. The van der Waals surface area contributed by atoms with Crippen molar-refractivity contribution < 1.29 is 4.79 Å². The maximum absolute atomic E-state index is 12.8. The SMILES string of the molecule is CCN(C(=O)c1cccc(C)c1)c1nc(-c2ccccc2)cs1. The first kappa shape index (κ1) is 15.4. The number of amides is 1. The van der Waals surface area contributed by atoms with Crippen molar-refractivity contribution in [1.29, 1.82) is 0 Å². The lowest BCUT2D eigenvalue weighted by Gasteiger charge is -2.18. The zero-order valence-corrected chi connectivity index (χ0v) is 14.0. The molecular weight excluding hydrogens is 304 g/mol. The monoisotopic (exact) mass is 322 g/mol. The van der Waals surface area contributed by atoms with Gasteiger partial charge in [-0.25, -0.2) is 4.98 Å². The Morgan fingerprint density at radius 3 is 2.61 bits per heavy atom. The van der Waals surface area contributed by atoms with E-state index in [1.54, 1.807) is 4.90 Å². The zero-order chi connectivity index (χ0) is 16.2. The molecule has 0 atom stereocenters. The Morgan fingerprint density at radius 1 is 1.13 bits per heavy atom. The van der Waals surface area contributed by atoms with E-state index in [9.17, 15) is 4.79 Å². The first-order valence-electron chi connectivity index (χ1n) is 7.58. The molecule has 1 amide bonds. The minimum absolute atomic E-state index is 0.00911. The fourth-order valence-electron chi connectivity index (χ4n) is 2.43. The van der Waals surface area contributed by atoms with Crippen molar-refractivity contribution in [2.24, 2.45) is 0 Å². The van der Waals surface area contributed by atoms with Gasteiger partial charge in [-0.05, 0) is 26.0 Å². The van der Waals surface area contributed by atoms with Crippen LogP contribution < -0.4 is 4.90 Å². The topological polar surface area (TPSA) is 33.2 Å². The Hall–Kier alpha value is -2.46. The molecule has 0 aliphatic carbocycles. The molecule has 0 fully saturated rings. The van der Waals surface area contributed by atoms with Gasteiger partial charge < -0.3 is 0 Å². The predicted octanol–water partition coefficient (Wildman–Crippen LogP) is 4.79. The number of hydrogen-bond donors (Lipinski definition) is 0. The van der Waals surface area contributed by atoms with Crippen LogP contribution in [0.15, 0.2) is 60.0 Å². The molecule has 0 radical (unpaired) electrons. The van der Waals surface area contributed by atoms with Crippen LogP contribution in [-0.2, 0) is 0 Å². The molecule has 0 N–H and O–H groups in total. The standard InChI is InChI=1S/C19H18N2OS/c1-3-21(18(22)16-11-7-8-14(2)12-16)19-20-17(13-23-19)15-9-5-4-6-10-15/h4-13H,3H2,1-2H3. The molecule has 0 aliphatic heterocycles. The van der Waals surface area contributed by atoms with Crippen LogP contribution in [-0.4, -0.2) is 17.4 Å². The lowest BCUT2D eigenvalue weighted by Crippen LogP contribution is -2.30. The van der Waals surface area contributed by atoms with E-state index in [1.165, 1.54) is 11.3 Å². The highest BCUT2D eigenvalue weighted by Crippen LogP contribution is 2.28. The van der Waals surface area contributed by atoms with Crippen LogP contribution in [0.1, 0.15) is 22.8 Å². The molecule has 116 valence electrons. The lowest BCUT2D eigenvalue weighted by molar-refractivity contribution is 0.0988. The van der Waals surface area contributed by atoms with Crippen LogP contribution in [0, 0.1) is 6.92 Å². The quantitative estimate of drug-likeness (QED) is 0.692. The van der Waals surface area contributed by atoms with E-state index >= 15 is 0 Å². The van der Waals surface area contributed by atoms with Gasteiger partial charge in [-0.2, -0.15) is 0 Å². The summed E-state index contributed by atoms with van der Waals surface area (Å²) in [5.41, 5.74) is 3.74. The summed E-state index contributed by atoms with van der Waals surface area (Å²) in [7, 11) is 0. The Morgan fingerprint density at radius 2 is 1.91 bits per heavy atom. The van der Waals surface area contributed by atoms with Gasteiger partial charge in [0.2, 0.25) is 0 Å². The fourth-order valence-corrected chi connectivity index (χ4v) is 3.33. The number of rotatable bonds is 4. The maximum atomic E-state index is 12.8. The van der Waals surface area contributed by atoms with Crippen molar-refractivity contribution in [2.45, 2.75) is 13.8 Å². The first-order valence-corrected chi connectivity index (χ1v) is 8.46. The van der Waals surface area contributed by atoms with E-state index in [0.29, 0.717) is 12.1 Å². The summed E-state index contributed by atoms with van der Waals surface area (Å²) in [5.74, 6) is -0.00911. The zero-order valence-electron chi connectivity index (χ0n) is 13.2. The van der Waals surface area contributed by atoms with E-state index in [-0.39, 0.29) is 5.91 Å². The van der Waals surface area contributed by atoms with E-state index in [0.717, 1.165) is 22.0 Å².